The molecule has 2 unspecified atom stereocenters. The predicted octanol–water partition coefficient (Wildman–Crippen LogP) is 3.52. The Morgan fingerprint density at radius 3 is 2.35 bits per heavy atom. The van der Waals surface area contributed by atoms with Gasteiger partial charge in [0.2, 0.25) is 23.5 Å². The van der Waals surface area contributed by atoms with E-state index in [4.69, 9.17) is 4.52 Å². The van der Waals surface area contributed by atoms with Crippen molar-refractivity contribution in [2.24, 2.45) is 0 Å². The quantitative estimate of drug-likeness (QED) is 0.579. The molecule has 1 aliphatic heterocycles. The van der Waals surface area contributed by atoms with E-state index in [0.29, 0.717) is 37.9 Å². The van der Waals surface area contributed by atoms with Gasteiger partial charge in [-0.1, -0.05) is 65.3 Å². The SMILES string of the molecule is CC(=O)NC(CC(=O)N1CCN(C(C)c2nc(-c3ccccc3)no2)CC1)c1ccc(C)cc1. The van der Waals surface area contributed by atoms with E-state index in [1.54, 1.807) is 0 Å². The molecule has 1 N–H and O–H groups in total. The molecule has 0 bridgehead atoms. The molecular formula is C26H31N5O3. The molecule has 2 heterocycles. The Labute approximate surface area is 199 Å². The van der Waals surface area contributed by atoms with Gasteiger partial charge in [-0.15, -0.1) is 0 Å². The van der Waals surface area contributed by atoms with Crippen LogP contribution in [0.25, 0.3) is 11.4 Å². The van der Waals surface area contributed by atoms with Gasteiger partial charge in [0.15, 0.2) is 0 Å². The molecular weight excluding hydrogens is 430 g/mol. The zero-order valence-corrected chi connectivity index (χ0v) is 19.9. The predicted molar refractivity (Wildman–Crippen MR) is 129 cm³/mol. The van der Waals surface area contributed by atoms with E-state index in [9.17, 15) is 9.59 Å². The van der Waals surface area contributed by atoms with E-state index in [0.717, 1.165) is 16.7 Å². The Kier molecular flexibility index (Phi) is 7.37. The van der Waals surface area contributed by atoms with E-state index in [2.05, 4.69) is 20.4 Å². The third-order valence-electron chi connectivity index (χ3n) is 6.28. The van der Waals surface area contributed by atoms with Gasteiger partial charge in [-0.3, -0.25) is 14.5 Å². The van der Waals surface area contributed by atoms with Crippen LogP contribution in [-0.2, 0) is 9.59 Å². The van der Waals surface area contributed by atoms with Crippen LogP contribution >= 0.6 is 0 Å². The van der Waals surface area contributed by atoms with Crippen molar-refractivity contribution in [2.75, 3.05) is 26.2 Å². The normalized spacial score (nSPS) is 16.1. The lowest BCUT2D eigenvalue weighted by Gasteiger charge is -2.37. The van der Waals surface area contributed by atoms with Crippen LogP contribution in [0.1, 0.15) is 49.4 Å². The summed E-state index contributed by atoms with van der Waals surface area (Å²) in [6.45, 7) is 8.19. The van der Waals surface area contributed by atoms with Crippen LogP contribution in [0.5, 0.6) is 0 Å². The monoisotopic (exact) mass is 461 g/mol. The largest absolute Gasteiger partial charge is 0.349 e. The highest BCUT2D eigenvalue weighted by Crippen LogP contribution is 2.24. The molecule has 8 heteroatoms. The summed E-state index contributed by atoms with van der Waals surface area (Å²) in [4.78, 5) is 33.5. The Bertz CT molecular complexity index is 1100. The van der Waals surface area contributed by atoms with Crippen molar-refractivity contribution < 1.29 is 14.1 Å². The van der Waals surface area contributed by atoms with Crippen LogP contribution in [0.3, 0.4) is 0 Å². The van der Waals surface area contributed by atoms with Crippen LogP contribution in [0.4, 0.5) is 0 Å². The lowest BCUT2D eigenvalue weighted by atomic mass is 10.0. The summed E-state index contributed by atoms with van der Waals surface area (Å²) in [5.74, 6) is 1.04. The van der Waals surface area contributed by atoms with E-state index >= 15 is 0 Å². The second-order valence-corrected chi connectivity index (χ2v) is 8.78. The molecule has 1 aromatic heterocycles. The van der Waals surface area contributed by atoms with Gasteiger partial charge >= 0.3 is 0 Å². The number of piperazine rings is 1. The van der Waals surface area contributed by atoms with Gasteiger partial charge in [0.05, 0.1) is 18.5 Å². The number of nitrogens with zero attached hydrogens (tertiary/aromatic N) is 4. The Morgan fingerprint density at radius 1 is 1.03 bits per heavy atom. The van der Waals surface area contributed by atoms with Gasteiger partial charge in [0, 0.05) is 38.7 Å². The van der Waals surface area contributed by atoms with Gasteiger partial charge in [0.1, 0.15) is 0 Å². The van der Waals surface area contributed by atoms with Crippen LogP contribution < -0.4 is 5.32 Å². The van der Waals surface area contributed by atoms with Crippen LogP contribution in [-0.4, -0.2) is 57.9 Å². The molecule has 34 heavy (non-hydrogen) atoms. The van der Waals surface area contributed by atoms with Crippen LogP contribution in [0.2, 0.25) is 0 Å². The van der Waals surface area contributed by atoms with Gasteiger partial charge in [-0.05, 0) is 19.4 Å². The number of benzene rings is 2. The summed E-state index contributed by atoms with van der Waals surface area (Å²) in [5.41, 5.74) is 2.99. The molecule has 1 saturated heterocycles. The molecule has 8 nitrogen and oxygen atoms in total. The van der Waals surface area contributed by atoms with Crippen molar-refractivity contribution >= 4 is 11.8 Å². The third kappa shape index (κ3) is 5.69. The number of amides is 2. The van der Waals surface area contributed by atoms with Crippen molar-refractivity contribution in [3.63, 3.8) is 0 Å². The summed E-state index contributed by atoms with van der Waals surface area (Å²) in [5, 5.41) is 7.05. The van der Waals surface area contributed by atoms with E-state index in [-0.39, 0.29) is 30.3 Å². The molecule has 178 valence electrons. The van der Waals surface area contributed by atoms with Gasteiger partial charge < -0.3 is 14.7 Å². The lowest BCUT2D eigenvalue weighted by molar-refractivity contribution is -0.134. The van der Waals surface area contributed by atoms with Crippen molar-refractivity contribution in [1.82, 2.24) is 25.3 Å². The molecule has 2 amide bonds. The smallest absolute Gasteiger partial charge is 0.244 e. The number of hydrogen-bond donors (Lipinski definition) is 1. The third-order valence-corrected chi connectivity index (χ3v) is 6.28. The number of rotatable bonds is 7. The summed E-state index contributed by atoms with van der Waals surface area (Å²) in [7, 11) is 0. The van der Waals surface area contributed by atoms with Crippen molar-refractivity contribution in [2.45, 2.75) is 39.3 Å². The maximum absolute atomic E-state index is 13.1. The number of aryl methyl sites for hydroxylation is 1. The van der Waals surface area contributed by atoms with Crippen molar-refractivity contribution in [3.8, 4) is 11.4 Å². The molecule has 1 aliphatic rings. The molecule has 2 aromatic carbocycles. The summed E-state index contributed by atoms with van der Waals surface area (Å²) in [6, 6.07) is 17.3. The molecule has 1 fully saturated rings. The average Bonchev–Trinajstić information content (AvgIpc) is 3.34. The minimum atomic E-state index is -0.336. The maximum Gasteiger partial charge on any atom is 0.244 e. The first-order valence-electron chi connectivity index (χ1n) is 11.6. The zero-order valence-electron chi connectivity index (χ0n) is 19.9. The molecule has 0 saturated carbocycles. The highest BCUT2D eigenvalue weighted by atomic mass is 16.5. The van der Waals surface area contributed by atoms with Crippen molar-refractivity contribution in [1.29, 1.82) is 0 Å². The van der Waals surface area contributed by atoms with Gasteiger partial charge in [-0.25, -0.2) is 0 Å². The average molecular weight is 462 g/mol. The highest BCUT2D eigenvalue weighted by Gasteiger charge is 2.29. The Balaban J connectivity index is 1.34. The van der Waals surface area contributed by atoms with Gasteiger partial charge in [-0.2, -0.15) is 4.98 Å². The van der Waals surface area contributed by atoms with E-state index in [1.807, 2.05) is 73.3 Å². The fraction of sp³-hybridized carbons (Fsp3) is 0.385. The molecule has 0 aliphatic carbocycles. The highest BCUT2D eigenvalue weighted by molar-refractivity contribution is 5.79. The Hall–Kier alpha value is -3.52. The van der Waals surface area contributed by atoms with E-state index < -0.39 is 0 Å². The fourth-order valence-electron chi connectivity index (χ4n) is 4.22. The molecule has 0 radical (unpaired) electrons. The number of carbonyl (C=O) groups is 2. The first kappa shape index (κ1) is 23.6. The maximum atomic E-state index is 13.1. The van der Waals surface area contributed by atoms with Crippen molar-refractivity contribution in [3.05, 3.63) is 71.6 Å². The molecule has 0 spiro atoms. The minimum absolute atomic E-state index is 0.0378. The molecule has 4 rings (SSSR count). The fourth-order valence-corrected chi connectivity index (χ4v) is 4.22. The second-order valence-electron chi connectivity index (χ2n) is 8.78. The number of aromatic nitrogens is 2. The summed E-state index contributed by atoms with van der Waals surface area (Å²) >= 11 is 0. The first-order valence-corrected chi connectivity index (χ1v) is 11.6. The number of nitrogens with one attached hydrogen (secondary N) is 1. The second kappa shape index (κ2) is 10.6. The summed E-state index contributed by atoms with van der Waals surface area (Å²) < 4.78 is 5.53. The number of carbonyl (C=O) groups excluding carboxylic acids is 2. The van der Waals surface area contributed by atoms with E-state index in [1.165, 1.54) is 6.92 Å². The molecule has 3 aromatic rings. The summed E-state index contributed by atoms with van der Waals surface area (Å²) in [6.07, 6.45) is 0.238. The Morgan fingerprint density at radius 2 is 1.71 bits per heavy atom. The van der Waals surface area contributed by atoms with Crippen LogP contribution in [0, 0.1) is 6.92 Å². The lowest BCUT2D eigenvalue weighted by Crippen LogP contribution is -2.50. The first-order chi connectivity index (χ1) is 16.4. The standard InChI is InChI=1S/C26H31N5O3/c1-18-9-11-21(12-10-18)23(27-20(3)32)17-24(33)31-15-13-30(14-16-31)19(2)26-28-25(29-34-26)22-7-5-4-6-8-22/h4-12,19,23H,13-17H2,1-3H3,(H,27,32). The van der Waals surface area contributed by atoms with Crippen LogP contribution in [0.15, 0.2) is 59.1 Å². The van der Waals surface area contributed by atoms with Gasteiger partial charge in [0.25, 0.3) is 0 Å². The zero-order chi connectivity index (χ0) is 24.1. The topological polar surface area (TPSA) is 91.6 Å². The minimum Gasteiger partial charge on any atom is -0.349 e. The number of hydrogen-bond acceptors (Lipinski definition) is 6. The molecule has 2 atom stereocenters.